The molecule has 3 unspecified atom stereocenters. The summed E-state index contributed by atoms with van der Waals surface area (Å²) in [4.78, 5) is 4.26. The summed E-state index contributed by atoms with van der Waals surface area (Å²) in [5.41, 5.74) is 0.915. The number of hydrogen-bond donors (Lipinski definition) is 2. The quantitative estimate of drug-likeness (QED) is 0.307. The first-order valence-electron chi connectivity index (χ1n) is 9.36. The van der Waals surface area contributed by atoms with Crippen molar-refractivity contribution in [2.24, 2.45) is 4.99 Å². The van der Waals surface area contributed by atoms with E-state index < -0.39 is 23.8 Å². The van der Waals surface area contributed by atoms with E-state index in [-0.39, 0.29) is 35.3 Å². The lowest BCUT2D eigenvalue weighted by atomic mass is 9.95. The molecule has 1 aliphatic rings. The van der Waals surface area contributed by atoms with Crippen LogP contribution in [-0.4, -0.2) is 47.3 Å². The van der Waals surface area contributed by atoms with Crippen LogP contribution in [0.5, 0.6) is 5.75 Å². The fraction of sp³-hybridized carbons (Fsp3) is 0.632. The molecule has 1 aliphatic carbocycles. The fourth-order valence-electron chi connectivity index (χ4n) is 3.23. The molecule has 160 valence electrons. The number of alkyl halides is 2. The Hall–Kier alpha value is -0.970. The van der Waals surface area contributed by atoms with Crippen molar-refractivity contribution in [1.82, 2.24) is 10.6 Å². The molecule has 2 rings (SSSR count). The molecular weight excluding hydrogens is 499 g/mol. The number of halogens is 3. The monoisotopic (exact) mass is 529 g/mol. The first-order chi connectivity index (χ1) is 13.0. The molecule has 28 heavy (non-hydrogen) atoms. The minimum atomic E-state index is -2.49. The Kier molecular flexibility index (Phi) is 11.9. The van der Waals surface area contributed by atoms with E-state index in [2.05, 4.69) is 15.6 Å². The van der Waals surface area contributed by atoms with Gasteiger partial charge < -0.3 is 15.4 Å². The van der Waals surface area contributed by atoms with Crippen molar-refractivity contribution >= 4 is 40.7 Å². The van der Waals surface area contributed by atoms with Crippen molar-refractivity contribution in [1.29, 1.82) is 0 Å². The predicted octanol–water partition coefficient (Wildman–Crippen LogP) is 3.69. The van der Waals surface area contributed by atoms with E-state index in [0.29, 0.717) is 24.0 Å². The third-order valence-corrected chi connectivity index (χ3v) is 6.32. The summed E-state index contributed by atoms with van der Waals surface area (Å²) >= 11 is 0. The third-order valence-electron chi connectivity index (χ3n) is 4.58. The maximum absolute atomic E-state index is 12.3. The molecule has 5 nitrogen and oxygen atoms in total. The molecule has 2 N–H and O–H groups in total. The molecule has 1 aromatic rings. The number of hydrogen-bond acceptors (Lipinski definition) is 3. The van der Waals surface area contributed by atoms with Gasteiger partial charge >= 0.3 is 0 Å². The van der Waals surface area contributed by atoms with Crippen molar-refractivity contribution < 1.29 is 17.7 Å². The van der Waals surface area contributed by atoms with Crippen LogP contribution in [0.25, 0.3) is 0 Å². The minimum Gasteiger partial charge on any atom is -0.488 e. The number of benzene rings is 1. The number of nitrogens with one attached hydrogen (secondary N) is 2. The van der Waals surface area contributed by atoms with Gasteiger partial charge in [-0.25, -0.2) is 8.78 Å². The van der Waals surface area contributed by atoms with Crippen LogP contribution in [0.2, 0.25) is 0 Å². The molecule has 0 radical (unpaired) electrons. The average molecular weight is 529 g/mol. The molecule has 0 spiro atoms. The Bertz CT molecular complexity index is 649. The van der Waals surface area contributed by atoms with Crippen LogP contribution < -0.4 is 15.4 Å². The molecule has 0 bridgehead atoms. The highest BCUT2D eigenvalue weighted by molar-refractivity contribution is 14.0. The smallest absolute Gasteiger partial charge is 0.272 e. The van der Waals surface area contributed by atoms with Gasteiger partial charge in [0.25, 0.3) is 6.43 Å². The first-order valence-corrected chi connectivity index (χ1v) is 10.7. The number of ether oxygens (including phenoxy) is 1. The second-order valence-corrected chi connectivity index (χ2v) is 8.58. The molecular formula is C19H30F2IN3O2S. The Morgan fingerprint density at radius 1 is 1.39 bits per heavy atom. The molecule has 1 fully saturated rings. The topological polar surface area (TPSA) is 62.7 Å². The van der Waals surface area contributed by atoms with E-state index in [0.717, 1.165) is 31.2 Å². The average Bonchev–Trinajstić information content (AvgIpc) is 2.69. The highest BCUT2D eigenvalue weighted by Crippen LogP contribution is 2.23. The minimum absolute atomic E-state index is 0. The van der Waals surface area contributed by atoms with Crippen LogP contribution in [0.15, 0.2) is 29.3 Å². The van der Waals surface area contributed by atoms with E-state index in [1.54, 1.807) is 25.2 Å². The number of rotatable bonds is 8. The summed E-state index contributed by atoms with van der Waals surface area (Å²) in [7, 11) is 0.950. The summed E-state index contributed by atoms with van der Waals surface area (Å²) < 4.78 is 41.7. The van der Waals surface area contributed by atoms with Crippen molar-refractivity contribution in [3.05, 3.63) is 29.8 Å². The van der Waals surface area contributed by atoms with Gasteiger partial charge in [-0.05, 0) is 37.0 Å². The van der Waals surface area contributed by atoms with Crippen LogP contribution in [-0.2, 0) is 17.3 Å². The lowest BCUT2D eigenvalue weighted by molar-refractivity contribution is 0.0818. The number of aliphatic imine (C=N–C) groups is 1. The standard InChI is InChI=1S/C19H29F2N3O2S.HI/c1-3-27(25)17-9-5-7-15(11-17)24-19(22-2)23-12-14-6-4-8-16(10-14)26-13-18(20)21;/h4,6,8,10,15,17-18H,3,5,7,9,11-13H2,1-2H3,(H2,22,23,24);1H. The molecule has 0 aromatic heterocycles. The van der Waals surface area contributed by atoms with Crippen LogP contribution in [0, 0.1) is 0 Å². The van der Waals surface area contributed by atoms with Crippen molar-refractivity contribution in [3.8, 4) is 5.75 Å². The molecule has 1 saturated carbocycles. The highest BCUT2D eigenvalue weighted by Gasteiger charge is 2.26. The van der Waals surface area contributed by atoms with E-state index in [1.807, 2.05) is 13.0 Å². The zero-order chi connectivity index (χ0) is 19.6. The Balaban J connectivity index is 0.00000392. The van der Waals surface area contributed by atoms with Gasteiger partial charge in [0.2, 0.25) is 0 Å². The predicted molar refractivity (Wildman–Crippen MR) is 121 cm³/mol. The lowest BCUT2D eigenvalue weighted by Gasteiger charge is -2.30. The Labute approximate surface area is 185 Å². The second kappa shape index (κ2) is 13.3. The van der Waals surface area contributed by atoms with Crippen LogP contribution >= 0.6 is 24.0 Å². The number of nitrogens with zero attached hydrogens (tertiary/aromatic N) is 1. The van der Waals surface area contributed by atoms with E-state index in [9.17, 15) is 13.0 Å². The van der Waals surface area contributed by atoms with Crippen LogP contribution in [0.1, 0.15) is 38.2 Å². The van der Waals surface area contributed by atoms with Gasteiger partial charge in [-0.2, -0.15) is 0 Å². The summed E-state index contributed by atoms with van der Waals surface area (Å²) in [5.74, 6) is 1.81. The lowest BCUT2D eigenvalue weighted by Crippen LogP contribution is -2.46. The summed E-state index contributed by atoms with van der Waals surface area (Å²) in [5, 5.41) is 6.91. The maximum atomic E-state index is 12.3. The zero-order valence-electron chi connectivity index (χ0n) is 16.3. The molecule has 1 aromatic carbocycles. The van der Waals surface area contributed by atoms with Crippen molar-refractivity contribution in [2.45, 2.75) is 56.9 Å². The van der Waals surface area contributed by atoms with E-state index >= 15 is 0 Å². The highest BCUT2D eigenvalue weighted by atomic mass is 127. The maximum Gasteiger partial charge on any atom is 0.272 e. The van der Waals surface area contributed by atoms with Crippen molar-refractivity contribution in [3.63, 3.8) is 0 Å². The third kappa shape index (κ3) is 8.59. The van der Waals surface area contributed by atoms with Crippen molar-refractivity contribution in [2.75, 3.05) is 19.4 Å². The van der Waals surface area contributed by atoms with E-state index in [1.165, 1.54) is 0 Å². The fourth-order valence-corrected chi connectivity index (χ4v) is 4.58. The molecule has 0 heterocycles. The largest absolute Gasteiger partial charge is 0.488 e. The van der Waals surface area contributed by atoms with Crippen LogP contribution in [0.3, 0.4) is 0 Å². The zero-order valence-corrected chi connectivity index (χ0v) is 19.5. The van der Waals surface area contributed by atoms with Gasteiger partial charge in [-0.3, -0.25) is 9.20 Å². The second-order valence-electron chi connectivity index (χ2n) is 6.57. The van der Waals surface area contributed by atoms with Gasteiger partial charge in [0.05, 0.1) is 0 Å². The SMILES string of the molecule is CCS(=O)C1CCCC(NC(=NC)NCc2cccc(OCC(F)F)c2)C1.I. The first kappa shape index (κ1) is 25.1. The van der Waals surface area contributed by atoms with Gasteiger partial charge in [0.15, 0.2) is 5.96 Å². The van der Waals surface area contributed by atoms with Gasteiger partial charge in [0.1, 0.15) is 12.4 Å². The Morgan fingerprint density at radius 3 is 2.86 bits per heavy atom. The van der Waals surface area contributed by atoms with Crippen LogP contribution in [0.4, 0.5) is 8.78 Å². The van der Waals surface area contributed by atoms with Gasteiger partial charge in [-0.1, -0.05) is 25.5 Å². The molecule has 3 atom stereocenters. The summed E-state index contributed by atoms with van der Waals surface area (Å²) in [6.45, 7) is 1.86. The molecule has 9 heteroatoms. The Morgan fingerprint density at radius 2 is 2.18 bits per heavy atom. The summed E-state index contributed by atoms with van der Waals surface area (Å²) in [6, 6.07) is 7.33. The summed E-state index contributed by atoms with van der Waals surface area (Å²) in [6.07, 6.45) is 1.52. The molecule has 0 saturated heterocycles. The van der Waals surface area contributed by atoms with Gasteiger partial charge in [0, 0.05) is 41.4 Å². The van der Waals surface area contributed by atoms with Gasteiger partial charge in [-0.15, -0.1) is 24.0 Å². The molecule has 0 amide bonds. The van der Waals surface area contributed by atoms with E-state index in [4.69, 9.17) is 4.74 Å². The molecule has 0 aliphatic heterocycles. The number of guanidine groups is 1. The normalized spacial score (nSPS) is 21.0.